The smallest absolute Gasteiger partial charge is 0.174 e. The van der Waals surface area contributed by atoms with Crippen molar-refractivity contribution in [3.05, 3.63) is 48.0 Å². The zero-order valence-corrected chi connectivity index (χ0v) is 21.1. The van der Waals surface area contributed by atoms with E-state index in [1.165, 1.54) is 0 Å². The number of methoxy groups -OCH3 is 2. The highest BCUT2D eigenvalue weighted by Crippen LogP contribution is 2.38. The lowest BCUT2D eigenvalue weighted by molar-refractivity contribution is 0.354. The third kappa shape index (κ3) is 3.49. The van der Waals surface area contributed by atoms with E-state index in [1.807, 2.05) is 58.6 Å². The molecular weight excluding hydrogens is 484 g/mol. The summed E-state index contributed by atoms with van der Waals surface area (Å²) >= 11 is 0. The van der Waals surface area contributed by atoms with Crippen molar-refractivity contribution in [3.63, 3.8) is 0 Å². The third-order valence-corrected chi connectivity index (χ3v) is 6.75. The maximum Gasteiger partial charge on any atom is 0.174 e. The van der Waals surface area contributed by atoms with Crippen molar-refractivity contribution in [2.75, 3.05) is 31.4 Å². The molecule has 4 heterocycles. The van der Waals surface area contributed by atoms with Crippen LogP contribution in [0.1, 0.15) is 5.56 Å². The molecule has 0 radical (unpaired) electrons. The fourth-order valence-corrected chi connectivity index (χ4v) is 4.81. The van der Waals surface area contributed by atoms with Crippen molar-refractivity contribution in [1.82, 2.24) is 34.3 Å². The van der Waals surface area contributed by atoms with Crippen LogP contribution >= 0.6 is 0 Å². The Hall–Kier alpha value is -5.13. The second-order valence-corrected chi connectivity index (χ2v) is 8.90. The number of nitrogens with two attached hydrogens (primary N) is 3. The second-order valence-electron chi connectivity index (χ2n) is 8.90. The minimum atomic E-state index is 0.135. The quantitative estimate of drug-likeness (QED) is 0.302. The molecule has 6 N–H and O–H groups in total. The molecule has 0 atom stereocenters. The molecular formula is C26H26N10O2. The van der Waals surface area contributed by atoms with Crippen LogP contribution in [0.3, 0.4) is 0 Å². The predicted octanol–water partition coefficient (Wildman–Crippen LogP) is 2.93. The molecule has 0 aliphatic carbocycles. The zero-order chi connectivity index (χ0) is 26.6. The molecule has 12 heteroatoms. The summed E-state index contributed by atoms with van der Waals surface area (Å²) in [7, 11) is 5.17. The van der Waals surface area contributed by atoms with E-state index >= 15 is 0 Å². The first kappa shape index (κ1) is 23.3. The van der Waals surface area contributed by atoms with Crippen LogP contribution in [0.25, 0.3) is 44.6 Å². The topological polar surface area (TPSA) is 171 Å². The number of ether oxygens (including phenoxy) is 2. The Balaban J connectivity index is 1.56. The summed E-state index contributed by atoms with van der Waals surface area (Å²) < 4.78 is 14.8. The molecule has 2 aromatic carbocycles. The van der Waals surface area contributed by atoms with E-state index in [-0.39, 0.29) is 11.6 Å². The van der Waals surface area contributed by atoms with Gasteiger partial charge in [-0.3, -0.25) is 0 Å². The molecule has 0 saturated heterocycles. The number of rotatable bonds is 6. The summed E-state index contributed by atoms with van der Waals surface area (Å²) in [5, 5.41) is 7.84. The van der Waals surface area contributed by atoms with Crippen molar-refractivity contribution >= 4 is 50.7 Å². The van der Waals surface area contributed by atoms with E-state index < -0.39 is 0 Å². The van der Waals surface area contributed by atoms with E-state index in [9.17, 15) is 0 Å². The van der Waals surface area contributed by atoms with E-state index in [0.29, 0.717) is 63.9 Å². The summed E-state index contributed by atoms with van der Waals surface area (Å²) in [6.45, 7) is 0.510. The summed E-state index contributed by atoms with van der Waals surface area (Å²) in [4.78, 5) is 14.6. The highest BCUT2D eigenvalue weighted by molar-refractivity contribution is 6.04. The molecule has 6 aromatic rings. The van der Waals surface area contributed by atoms with Gasteiger partial charge in [0.15, 0.2) is 28.8 Å². The first-order chi connectivity index (χ1) is 18.4. The fraction of sp³-hybridized carbons (Fsp3) is 0.192. The molecule has 6 rings (SSSR count). The molecule has 0 bridgehead atoms. The highest BCUT2D eigenvalue weighted by Gasteiger charge is 2.25. The lowest BCUT2D eigenvalue weighted by atomic mass is 10.1. The lowest BCUT2D eigenvalue weighted by Gasteiger charge is -2.11. The van der Waals surface area contributed by atoms with Crippen LogP contribution in [0, 0.1) is 0 Å². The van der Waals surface area contributed by atoms with Gasteiger partial charge in [0, 0.05) is 13.6 Å². The number of hydrogen-bond acceptors (Lipinski definition) is 10. The minimum absolute atomic E-state index is 0.135. The number of benzene rings is 2. The average Bonchev–Trinajstić information content (AvgIpc) is 3.40. The molecule has 0 aliphatic heterocycles. The van der Waals surface area contributed by atoms with Gasteiger partial charge in [0.1, 0.15) is 28.2 Å². The number of hydrogen-bond donors (Lipinski definition) is 3. The number of fused-ring (bicyclic) bond motifs is 3. The fourth-order valence-electron chi connectivity index (χ4n) is 4.81. The van der Waals surface area contributed by atoms with Gasteiger partial charge in [-0.1, -0.05) is 18.2 Å². The molecule has 0 amide bonds. The van der Waals surface area contributed by atoms with Gasteiger partial charge in [-0.15, -0.1) is 10.2 Å². The molecule has 0 saturated carbocycles. The van der Waals surface area contributed by atoms with Gasteiger partial charge < -0.3 is 35.8 Å². The Bertz CT molecular complexity index is 1860. The average molecular weight is 511 g/mol. The number of aromatic nitrogens is 7. The van der Waals surface area contributed by atoms with Crippen LogP contribution in [0.5, 0.6) is 11.5 Å². The predicted molar refractivity (Wildman–Crippen MR) is 147 cm³/mol. The van der Waals surface area contributed by atoms with Crippen LogP contribution in [0.4, 0.5) is 17.5 Å². The molecule has 12 nitrogen and oxygen atoms in total. The maximum atomic E-state index is 6.83. The Morgan fingerprint density at radius 1 is 0.816 bits per heavy atom. The van der Waals surface area contributed by atoms with Crippen LogP contribution in [-0.2, 0) is 20.0 Å². The molecule has 0 aliphatic rings. The van der Waals surface area contributed by atoms with Crippen LogP contribution < -0.4 is 26.7 Å². The van der Waals surface area contributed by atoms with Gasteiger partial charge in [0.05, 0.1) is 30.8 Å². The minimum Gasteiger partial charge on any atom is -0.493 e. The number of aryl methyl sites for hydroxylation is 3. The van der Waals surface area contributed by atoms with Gasteiger partial charge in [-0.05, 0) is 36.2 Å². The Labute approximate surface area is 217 Å². The molecule has 4 aromatic heterocycles. The zero-order valence-electron chi connectivity index (χ0n) is 21.1. The van der Waals surface area contributed by atoms with Crippen LogP contribution in [0.15, 0.2) is 42.5 Å². The summed E-state index contributed by atoms with van der Waals surface area (Å²) in [6, 6.07) is 13.7. The molecule has 0 unspecified atom stereocenters. The van der Waals surface area contributed by atoms with Crippen molar-refractivity contribution < 1.29 is 9.47 Å². The van der Waals surface area contributed by atoms with E-state index in [0.717, 1.165) is 16.6 Å². The molecule has 192 valence electrons. The third-order valence-electron chi connectivity index (χ3n) is 6.75. The standard InChI is InChI=1S/C26H26N10O2/c1-35-15-7-5-4-6-14(15)30-25(35)18-19-26(32-21-20(31-19)22(27)33-34-23(21)28)36(24(18)29)11-10-13-8-9-16(37-2)17(12-13)38-3/h4-9,12H,10-11,29H2,1-3H3,(H2,27,33)(H2,28,34). The van der Waals surface area contributed by atoms with Gasteiger partial charge in [-0.25, -0.2) is 15.0 Å². The number of imidazole rings is 1. The normalized spacial score (nSPS) is 11.6. The second kappa shape index (κ2) is 8.76. The number of anilines is 3. The lowest BCUT2D eigenvalue weighted by Crippen LogP contribution is -2.08. The molecule has 0 fully saturated rings. The first-order valence-electron chi connectivity index (χ1n) is 11.9. The molecule has 0 spiro atoms. The Morgan fingerprint density at radius 3 is 2.24 bits per heavy atom. The van der Waals surface area contributed by atoms with Gasteiger partial charge in [-0.2, -0.15) is 0 Å². The van der Waals surface area contributed by atoms with Gasteiger partial charge in [0.25, 0.3) is 0 Å². The van der Waals surface area contributed by atoms with E-state index in [2.05, 4.69) is 10.2 Å². The number of nitrogen functional groups attached to an aromatic ring is 3. The summed E-state index contributed by atoms with van der Waals surface area (Å²) in [5.41, 5.74) is 24.4. The van der Waals surface area contributed by atoms with Crippen molar-refractivity contribution in [1.29, 1.82) is 0 Å². The Kier molecular flexibility index (Phi) is 5.37. The largest absolute Gasteiger partial charge is 0.493 e. The van der Waals surface area contributed by atoms with E-state index in [4.69, 9.17) is 41.6 Å². The van der Waals surface area contributed by atoms with Crippen molar-refractivity contribution in [2.45, 2.75) is 13.0 Å². The summed E-state index contributed by atoms with van der Waals surface area (Å²) in [5.74, 6) is 2.74. The number of nitrogens with zero attached hydrogens (tertiary/aromatic N) is 7. The summed E-state index contributed by atoms with van der Waals surface area (Å²) in [6.07, 6.45) is 0.641. The Morgan fingerprint density at radius 2 is 1.53 bits per heavy atom. The van der Waals surface area contributed by atoms with Crippen molar-refractivity contribution in [2.24, 2.45) is 7.05 Å². The van der Waals surface area contributed by atoms with E-state index in [1.54, 1.807) is 14.2 Å². The molecule has 38 heavy (non-hydrogen) atoms. The first-order valence-corrected chi connectivity index (χ1v) is 11.9. The van der Waals surface area contributed by atoms with Gasteiger partial charge >= 0.3 is 0 Å². The van der Waals surface area contributed by atoms with Gasteiger partial charge in [0.2, 0.25) is 0 Å². The monoisotopic (exact) mass is 510 g/mol. The number of para-hydroxylation sites is 2. The van der Waals surface area contributed by atoms with Crippen molar-refractivity contribution in [3.8, 4) is 22.9 Å². The highest BCUT2D eigenvalue weighted by atomic mass is 16.5. The van der Waals surface area contributed by atoms with Crippen LogP contribution in [0.2, 0.25) is 0 Å². The maximum absolute atomic E-state index is 6.83. The SMILES string of the molecule is COc1ccc(CCn2c(N)c(-c3nc4ccccc4n3C)c3nc4c(N)nnc(N)c4nc32)cc1OC. The van der Waals surface area contributed by atoms with Crippen LogP contribution in [-0.4, -0.2) is 48.5 Å².